The Morgan fingerprint density at radius 1 is 0.706 bits per heavy atom. The minimum absolute atomic E-state index is 1.04. The first-order chi connectivity index (χ1) is 8.31. The minimum Gasteiger partial charge on any atom is -0.256 e. The van der Waals surface area contributed by atoms with E-state index in [9.17, 15) is 0 Å². The summed E-state index contributed by atoms with van der Waals surface area (Å²) in [5.41, 5.74) is 3.31. The minimum atomic E-state index is 1.04. The molecule has 0 aromatic rings. The van der Waals surface area contributed by atoms with Gasteiger partial charge in [0.2, 0.25) is 0 Å². The van der Waals surface area contributed by atoms with Crippen LogP contribution in [0.2, 0.25) is 0 Å². The molecule has 0 aliphatic rings. The number of nitrogens with zero attached hydrogens (tertiary/aromatic N) is 1. The first kappa shape index (κ1) is 16.9. The molecule has 0 saturated carbocycles. The van der Waals surface area contributed by atoms with Crippen molar-refractivity contribution in [2.45, 2.75) is 78.1 Å². The Bertz CT molecular complexity index is 137. The van der Waals surface area contributed by atoms with E-state index in [1.807, 2.05) is 0 Å². The van der Waals surface area contributed by atoms with Crippen LogP contribution < -0.4 is 5.43 Å². The highest BCUT2D eigenvalue weighted by atomic mass is 15.5. The van der Waals surface area contributed by atoms with E-state index in [1.54, 1.807) is 0 Å². The standard InChI is InChI=1S/C15H34N2/c1-4-6-7-8-9-10-11-12-13-14-15-17(3)16-5-2/h16H,4-15H2,1-3H3. The summed E-state index contributed by atoms with van der Waals surface area (Å²) in [4.78, 5) is 0. The van der Waals surface area contributed by atoms with Gasteiger partial charge in [0.1, 0.15) is 0 Å². The van der Waals surface area contributed by atoms with Gasteiger partial charge >= 0.3 is 0 Å². The molecule has 0 aliphatic heterocycles. The smallest absolute Gasteiger partial charge is 0.0127 e. The first-order valence-corrected chi connectivity index (χ1v) is 7.75. The number of hydrogen-bond acceptors (Lipinski definition) is 2. The van der Waals surface area contributed by atoms with Crippen molar-refractivity contribution in [2.24, 2.45) is 0 Å². The molecule has 0 aliphatic carbocycles. The van der Waals surface area contributed by atoms with Crippen molar-refractivity contribution in [3.8, 4) is 0 Å². The van der Waals surface area contributed by atoms with Crippen molar-refractivity contribution >= 4 is 0 Å². The molecular weight excluding hydrogens is 208 g/mol. The molecule has 0 rings (SSSR count). The fourth-order valence-electron chi connectivity index (χ4n) is 2.19. The third-order valence-electron chi connectivity index (χ3n) is 3.28. The van der Waals surface area contributed by atoms with E-state index in [2.05, 4.69) is 31.3 Å². The van der Waals surface area contributed by atoms with Crippen LogP contribution in [0.3, 0.4) is 0 Å². The SMILES string of the molecule is CCCCCCCCCCCCN(C)NCC. The largest absolute Gasteiger partial charge is 0.256 e. The van der Waals surface area contributed by atoms with Crippen LogP contribution in [-0.4, -0.2) is 25.1 Å². The maximum atomic E-state index is 3.31. The summed E-state index contributed by atoms with van der Waals surface area (Å²) >= 11 is 0. The normalized spacial score (nSPS) is 11.3. The van der Waals surface area contributed by atoms with Crippen LogP contribution in [-0.2, 0) is 0 Å². The van der Waals surface area contributed by atoms with Gasteiger partial charge in [0, 0.05) is 20.1 Å². The second kappa shape index (κ2) is 14.0. The lowest BCUT2D eigenvalue weighted by atomic mass is 10.1. The average molecular weight is 242 g/mol. The lowest BCUT2D eigenvalue weighted by Gasteiger charge is -2.16. The molecule has 17 heavy (non-hydrogen) atoms. The molecule has 0 atom stereocenters. The Balaban J connectivity index is 2.98. The van der Waals surface area contributed by atoms with E-state index < -0.39 is 0 Å². The molecule has 0 radical (unpaired) electrons. The zero-order chi connectivity index (χ0) is 12.8. The number of unbranched alkanes of at least 4 members (excludes halogenated alkanes) is 9. The van der Waals surface area contributed by atoms with Gasteiger partial charge in [-0.3, -0.25) is 5.43 Å². The van der Waals surface area contributed by atoms with E-state index in [4.69, 9.17) is 0 Å². The lowest BCUT2D eigenvalue weighted by molar-refractivity contribution is 0.236. The fourth-order valence-corrected chi connectivity index (χ4v) is 2.19. The van der Waals surface area contributed by atoms with E-state index in [0.717, 1.165) is 6.54 Å². The Labute approximate surface area is 109 Å². The number of hydrazine groups is 1. The second-order valence-electron chi connectivity index (χ2n) is 5.12. The highest BCUT2D eigenvalue weighted by Crippen LogP contribution is 2.10. The van der Waals surface area contributed by atoms with Crippen LogP contribution in [0, 0.1) is 0 Å². The summed E-state index contributed by atoms with van der Waals surface area (Å²) < 4.78 is 0. The van der Waals surface area contributed by atoms with Gasteiger partial charge in [-0.25, -0.2) is 5.01 Å². The lowest BCUT2D eigenvalue weighted by Crippen LogP contribution is -2.34. The van der Waals surface area contributed by atoms with E-state index in [1.165, 1.54) is 70.8 Å². The van der Waals surface area contributed by atoms with Crippen molar-refractivity contribution in [1.29, 1.82) is 0 Å². The Hall–Kier alpha value is -0.0800. The maximum absolute atomic E-state index is 3.31. The summed E-state index contributed by atoms with van der Waals surface area (Å²) in [6.45, 7) is 6.65. The molecule has 0 unspecified atom stereocenters. The van der Waals surface area contributed by atoms with Crippen molar-refractivity contribution in [1.82, 2.24) is 10.4 Å². The van der Waals surface area contributed by atoms with Gasteiger partial charge in [0.15, 0.2) is 0 Å². The summed E-state index contributed by atoms with van der Waals surface area (Å²) in [6, 6.07) is 0. The predicted octanol–water partition coefficient (Wildman–Crippen LogP) is 4.36. The molecule has 2 heteroatoms. The van der Waals surface area contributed by atoms with E-state index in [-0.39, 0.29) is 0 Å². The summed E-state index contributed by atoms with van der Waals surface area (Å²) in [5, 5.41) is 2.21. The van der Waals surface area contributed by atoms with Crippen LogP contribution in [0.1, 0.15) is 78.1 Å². The van der Waals surface area contributed by atoms with Gasteiger partial charge < -0.3 is 0 Å². The van der Waals surface area contributed by atoms with Gasteiger partial charge in [-0.05, 0) is 6.42 Å². The Morgan fingerprint density at radius 2 is 1.18 bits per heavy atom. The molecule has 0 bridgehead atoms. The van der Waals surface area contributed by atoms with Crippen LogP contribution in [0.5, 0.6) is 0 Å². The highest BCUT2D eigenvalue weighted by molar-refractivity contribution is 4.49. The van der Waals surface area contributed by atoms with Gasteiger partial charge in [0.25, 0.3) is 0 Å². The zero-order valence-electron chi connectivity index (χ0n) is 12.4. The van der Waals surface area contributed by atoms with Crippen LogP contribution in [0.15, 0.2) is 0 Å². The topological polar surface area (TPSA) is 15.3 Å². The van der Waals surface area contributed by atoms with Crippen molar-refractivity contribution < 1.29 is 0 Å². The van der Waals surface area contributed by atoms with Crippen molar-refractivity contribution in [2.75, 3.05) is 20.1 Å². The third-order valence-corrected chi connectivity index (χ3v) is 3.28. The van der Waals surface area contributed by atoms with Crippen LogP contribution in [0.25, 0.3) is 0 Å². The molecule has 104 valence electrons. The van der Waals surface area contributed by atoms with Gasteiger partial charge in [-0.1, -0.05) is 71.6 Å². The average Bonchev–Trinajstić information content (AvgIpc) is 2.32. The fraction of sp³-hybridized carbons (Fsp3) is 1.00. The van der Waals surface area contributed by atoms with E-state index >= 15 is 0 Å². The van der Waals surface area contributed by atoms with Crippen molar-refractivity contribution in [3.63, 3.8) is 0 Å². The summed E-state index contributed by atoms with van der Waals surface area (Å²) in [5.74, 6) is 0. The number of rotatable bonds is 13. The molecule has 1 N–H and O–H groups in total. The van der Waals surface area contributed by atoms with Crippen molar-refractivity contribution in [3.05, 3.63) is 0 Å². The van der Waals surface area contributed by atoms with Crippen LogP contribution in [0.4, 0.5) is 0 Å². The van der Waals surface area contributed by atoms with Gasteiger partial charge in [0.05, 0.1) is 0 Å². The second-order valence-corrected chi connectivity index (χ2v) is 5.12. The van der Waals surface area contributed by atoms with Gasteiger partial charge in [-0.2, -0.15) is 0 Å². The van der Waals surface area contributed by atoms with Gasteiger partial charge in [-0.15, -0.1) is 0 Å². The molecule has 0 amide bonds. The predicted molar refractivity (Wildman–Crippen MR) is 78.2 cm³/mol. The molecule has 2 nitrogen and oxygen atoms in total. The summed E-state index contributed by atoms with van der Waals surface area (Å²) in [7, 11) is 2.14. The van der Waals surface area contributed by atoms with Crippen LogP contribution >= 0.6 is 0 Å². The molecular formula is C15H34N2. The summed E-state index contributed by atoms with van der Waals surface area (Å²) in [6.07, 6.45) is 14.2. The number of hydrogen-bond donors (Lipinski definition) is 1. The quantitative estimate of drug-likeness (QED) is 0.381. The third kappa shape index (κ3) is 13.9. The molecule has 0 saturated heterocycles. The first-order valence-electron chi connectivity index (χ1n) is 7.75. The highest BCUT2D eigenvalue weighted by Gasteiger charge is 1.95. The molecule has 0 spiro atoms. The molecule has 0 aromatic carbocycles. The monoisotopic (exact) mass is 242 g/mol. The zero-order valence-corrected chi connectivity index (χ0v) is 12.4. The Kier molecular flexibility index (Phi) is 13.9. The van der Waals surface area contributed by atoms with E-state index in [0.29, 0.717) is 0 Å². The maximum Gasteiger partial charge on any atom is 0.0127 e. The molecule has 0 fully saturated rings. The number of nitrogens with one attached hydrogen (secondary N) is 1. The molecule has 0 aromatic heterocycles. The Morgan fingerprint density at radius 3 is 1.65 bits per heavy atom. The molecule has 0 heterocycles.